The second-order valence-corrected chi connectivity index (χ2v) is 19.1. The van der Waals surface area contributed by atoms with Gasteiger partial charge in [-0.15, -0.1) is 0 Å². The second kappa shape index (κ2) is 12.9. The fourth-order valence-corrected chi connectivity index (χ4v) is 14.4. The van der Waals surface area contributed by atoms with Crippen molar-refractivity contribution in [1.29, 1.82) is 0 Å². The largest absolute Gasteiger partial charge is 0.309 e. The van der Waals surface area contributed by atoms with Crippen molar-refractivity contribution in [2.45, 2.75) is 0 Å². The van der Waals surface area contributed by atoms with E-state index in [9.17, 15) is 0 Å². The number of hydrogen-bond acceptors (Lipinski definition) is 0. The highest BCUT2D eigenvalue weighted by atomic mass is 79.9. The Morgan fingerprint density at radius 1 is 0.340 bits per heavy atom. The predicted molar refractivity (Wildman–Crippen MR) is 234 cm³/mol. The van der Waals surface area contributed by atoms with Gasteiger partial charge >= 0.3 is 0 Å². The van der Waals surface area contributed by atoms with Crippen LogP contribution in [0.5, 0.6) is 0 Å². The summed E-state index contributed by atoms with van der Waals surface area (Å²) in [7, 11) is -2.75. The van der Waals surface area contributed by atoms with Gasteiger partial charge in [-0.25, -0.2) is 0 Å². The van der Waals surface area contributed by atoms with Crippen LogP contribution in [0.3, 0.4) is 0 Å². The number of para-hydroxylation sites is 3. The maximum Gasteiger partial charge on any atom is 0.179 e. The normalized spacial score (nSPS) is 12.0. The molecule has 0 aliphatic carbocycles. The zero-order valence-electron chi connectivity index (χ0n) is 28.6. The summed E-state index contributed by atoms with van der Waals surface area (Å²) in [5.41, 5.74) is 6.93. The number of halogens is 2. The predicted octanol–water partition coefficient (Wildman–Crippen LogP) is 10.8. The quantitative estimate of drug-likeness (QED) is 0.117. The van der Waals surface area contributed by atoms with E-state index in [1.54, 1.807) is 0 Å². The minimum atomic E-state index is -2.75. The van der Waals surface area contributed by atoms with Crippen molar-refractivity contribution in [1.82, 2.24) is 9.13 Å². The van der Waals surface area contributed by atoms with Crippen LogP contribution in [0.4, 0.5) is 0 Å². The molecule has 0 bridgehead atoms. The van der Waals surface area contributed by atoms with E-state index < -0.39 is 8.07 Å². The van der Waals surface area contributed by atoms with E-state index in [0.717, 1.165) is 25.8 Å². The molecule has 0 aliphatic heterocycles. The Bertz CT molecular complexity index is 2870. The summed E-state index contributed by atoms with van der Waals surface area (Å²) in [6.07, 6.45) is 0. The van der Waals surface area contributed by atoms with Gasteiger partial charge in [-0.3, -0.25) is 0 Å². The Kier molecular flexibility index (Phi) is 7.83. The molecule has 0 saturated carbocycles. The molecule has 0 saturated heterocycles. The molecule has 10 aromatic rings. The molecule has 252 valence electrons. The van der Waals surface area contributed by atoms with E-state index in [1.807, 2.05) is 0 Å². The van der Waals surface area contributed by atoms with Gasteiger partial charge in [0.2, 0.25) is 0 Å². The monoisotopic (exact) mass is 822 g/mol. The molecule has 10 rings (SSSR count). The first-order valence-corrected chi connectivity index (χ1v) is 21.4. The number of benzene rings is 8. The molecule has 0 radical (unpaired) electrons. The Morgan fingerprint density at radius 2 is 0.830 bits per heavy atom. The Hall–Kier alpha value is -5.46. The van der Waals surface area contributed by atoms with Crippen molar-refractivity contribution < 1.29 is 0 Å². The van der Waals surface area contributed by atoms with Crippen molar-refractivity contribution in [3.8, 4) is 11.4 Å². The number of rotatable bonds is 6. The van der Waals surface area contributed by atoms with Gasteiger partial charge in [-0.05, 0) is 95.1 Å². The van der Waals surface area contributed by atoms with E-state index in [-0.39, 0.29) is 0 Å². The molecule has 2 nitrogen and oxygen atoms in total. The lowest BCUT2D eigenvalue weighted by atomic mass is 10.1. The molecular weight excluding hydrogens is 792 g/mol. The standard InChI is InChI=1S/C48H32Br2N2Si/c49-42-24-12-15-27-46(42)52-45-26-14-11-23-39(45)41-30-33(31-43(50)48(41)52)51-44-25-13-10-22-38(44)40-29-28-37(32-47(40)51)53(34-16-4-1-5-17-34,35-18-6-2-7-19-35)36-20-8-3-9-21-36/h1-32H. The molecule has 0 fully saturated rings. The van der Waals surface area contributed by atoms with Crippen molar-refractivity contribution in [3.63, 3.8) is 0 Å². The van der Waals surface area contributed by atoms with Gasteiger partial charge in [0.05, 0.1) is 27.8 Å². The first-order valence-electron chi connectivity index (χ1n) is 17.8. The van der Waals surface area contributed by atoms with Gasteiger partial charge in [0.25, 0.3) is 0 Å². The van der Waals surface area contributed by atoms with Crippen LogP contribution in [0, 0.1) is 0 Å². The van der Waals surface area contributed by atoms with E-state index in [0.29, 0.717) is 0 Å². The molecule has 5 heteroatoms. The number of nitrogens with zero attached hydrogens (tertiary/aromatic N) is 2. The van der Waals surface area contributed by atoms with Gasteiger partial charge in [0, 0.05) is 36.2 Å². The van der Waals surface area contributed by atoms with Crippen molar-refractivity contribution in [3.05, 3.63) is 203 Å². The van der Waals surface area contributed by atoms with Crippen LogP contribution in [0.15, 0.2) is 203 Å². The highest BCUT2D eigenvalue weighted by molar-refractivity contribution is 9.11. The summed E-state index contributed by atoms with van der Waals surface area (Å²) in [4.78, 5) is 0. The lowest BCUT2D eigenvalue weighted by Gasteiger charge is -2.34. The molecule has 0 N–H and O–H groups in total. The number of fused-ring (bicyclic) bond motifs is 6. The molecule has 8 aromatic carbocycles. The molecule has 0 atom stereocenters. The number of hydrogen-bond donors (Lipinski definition) is 0. The zero-order valence-corrected chi connectivity index (χ0v) is 32.8. The van der Waals surface area contributed by atoms with Crippen molar-refractivity contribution in [2.24, 2.45) is 0 Å². The zero-order chi connectivity index (χ0) is 35.5. The molecule has 2 heterocycles. The van der Waals surface area contributed by atoms with Gasteiger partial charge in [0.15, 0.2) is 8.07 Å². The van der Waals surface area contributed by atoms with E-state index in [1.165, 1.54) is 58.8 Å². The molecule has 53 heavy (non-hydrogen) atoms. The minimum absolute atomic E-state index is 1.04. The summed E-state index contributed by atoms with van der Waals surface area (Å²) >= 11 is 7.96. The van der Waals surface area contributed by atoms with Crippen LogP contribution >= 0.6 is 31.9 Å². The Labute approximate surface area is 325 Å². The van der Waals surface area contributed by atoms with Gasteiger partial charge < -0.3 is 9.13 Å². The van der Waals surface area contributed by atoms with Gasteiger partial charge in [-0.1, -0.05) is 152 Å². The third kappa shape index (κ3) is 4.95. The summed E-state index contributed by atoms with van der Waals surface area (Å²) in [6.45, 7) is 0. The molecule has 2 aromatic heterocycles. The summed E-state index contributed by atoms with van der Waals surface area (Å²) < 4.78 is 6.94. The van der Waals surface area contributed by atoms with E-state index >= 15 is 0 Å². The molecule has 0 spiro atoms. The lowest BCUT2D eigenvalue weighted by Crippen LogP contribution is -2.74. The summed E-state index contributed by atoms with van der Waals surface area (Å²) in [5.74, 6) is 0. The van der Waals surface area contributed by atoms with Crippen LogP contribution in [0.2, 0.25) is 0 Å². The fourth-order valence-electron chi connectivity index (χ4n) is 8.59. The minimum Gasteiger partial charge on any atom is -0.309 e. The van der Waals surface area contributed by atoms with Crippen molar-refractivity contribution in [2.75, 3.05) is 0 Å². The van der Waals surface area contributed by atoms with Crippen LogP contribution in [0.1, 0.15) is 0 Å². The van der Waals surface area contributed by atoms with Gasteiger partial charge in [0.1, 0.15) is 0 Å². The average molecular weight is 825 g/mol. The van der Waals surface area contributed by atoms with Crippen LogP contribution in [-0.4, -0.2) is 17.2 Å². The SMILES string of the molecule is Brc1ccccc1-n1c2ccccc2c2cc(-n3c4ccccc4c4ccc([Si](c5ccccc5)(c5ccccc5)c5ccccc5)cc43)cc(Br)c21. The van der Waals surface area contributed by atoms with Crippen LogP contribution in [-0.2, 0) is 0 Å². The highest BCUT2D eigenvalue weighted by Gasteiger charge is 2.41. The average Bonchev–Trinajstić information content (AvgIpc) is 3.73. The first-order chi connectivity index (χ1) is 26.1. The summed E-state index contributed by atoms with van der Waals surface area (Å²) in [6, 6.07) is 71.4. The maximum absolute atomic E-state index is 4.11. The van der Waals surface area contributed by atoms with E-state index in [2.05, 4.69) is 235 Å². The van der Waals surface area contributed by atoms with Crippen molar-refractivity contribution >= 4 is 104 Å². The molecule has 0 aliphatic rings. The number of aromatic nitrogens is 2. The molecular formula is C48H32Br2N2Si. The van der Waals surface area contributed by atoms with Crippen LogP contribution < -0.4 is 20.7 Å². The second-order valence-electron chi connectivity index (χ2n) is 13.6. The smallest absolute Gasteiger partial charge is 0.179 e. The third-order valence-corrected chi connectivity index (χ3v) is 16.8. The van der Waals surface area contributed by atoms with E-state index in [4.69, 9.17) is 0 Å². The molecule has 0 amide bonds. The highest BCUT2D eigenvalue weighted by Crippen LogP contribution is 2.41. The third-order valence-electron chi connectivity index (χ3n) is 10.8. The summed E-state index contributed by atoms with van der Waals surface area (Å²) in [5, 5.41) is 10.3. The first kappa shape index (κ1) is 32.2. The molecule has 0 unspecified atom stereocenters. The Morgan fingerprint density at radius 3 is 1.43 bits per heavy atom. The van der Waals surface area contributed by atoms with Crippen LogP contribution in [0.25, 0.3) is 55.0 Å². The maximum atomic E-state index is 4.11. The topological polar surface area (TPSA) is 9.86 Å². The lowest BCUT2D eigenvalue weighted by molar-refractivity contribution is 1.15. The Balaban J connectivity index is 1.31. The van der Waals surface area contributed by atoms with Gasteiger partial charge in [-0.2, -0.15) is 0 Å². The fraction of sp³-hybridized carbons (Fsp3) is 0.